The monoisotopic (exact) mass is 208 g/mol. The summed E-state index contributed by atoms with van der Waals surface area (Å²) in [6, 6.07) is 1.86. The van der Waals surface area contributed by atoms with Crippen molar-refractivity contribution in [2.75, 3.05) is 13.1 Å². The van der Waals surface area contributed by atoms with Crippen LogP contribution in [0.3, 0.4) is 0 Å². The maximum absolute atomic E-state index is 11.8. The lowest BCUT2D eigenvalue weighted by atomic mass is 10.2. The Morgan fingerprint density at radius 3 is 3.20 bits per heavy atom. The molecule has 1 amide bonds. The number of hydrogen-bond donors (Lipinski definition) is 2. The first-order valence-electron chi connectivity index (χ1n) is 5.27. The lowest BCUT2D eigenvalue weighted by Gasteiger charge is -2.16. The number of amides is 1. The van der Waals surface area contributed by atoms with E-state index in [-0.39, 0.29) is 18.0 Å². The molecular formula is C10H16N4O. The average Bonchev–Trinajstić information content (AvgIpc) is 2.88. The molecule has 1 aromatic rings. The summed E-state index contributed by atoms with van der Waals surface area (Å²) < 4.78 is 1.66. The second-order valence-electron chi connectivity index (χ2n) is 3.86. The zero-order valence-electron chi connectivity index (χ0n) is 8.81. The molecule has 0 bridgehead atoms. The van der Waals surface area contributed by atoms with Crippen LogP contribution in [-0.2, 0) is 4.79 Å². The Bertz CT molecular complexity index is 316. The molecule has 2 heterocycles. The van der Waals surface area contributed by atoms with Crippen LogP contribution in [0.5, 0.6) is 0 Å². The second-order valence-corrected chi connectivity index (χ2v) is 3.86. The number of carbonyl (C=O) groups is 1. The van der Waals surface area contributed by atoms with Gasteiger partial charge >= 0.3 is 0 Å². The van der Waals surface area contributed by atoms with Crippen molar-refractivity contribution in [2.24, 2.45) is 0 Å². The Hall–Kier alpha value is -1.36. The molecule has 1 saturated heterocycles. The molecule has 1 fully saturated rings. The minimum Gasteiger partial charge on any atom is -0.350 e. The molecule has 0 spiro atoms. The van der Waals surface area contributed by atoms with Gasteiger partial charge < -0.3 is 10.6 Å². The van der Waals surface area contributed by atoms with Gasteiger partial charge in [0.15, 0.2) is 0 Å². The quantitative estimate of drug-likeness (QED) is 0.730. The highest BCUT2D eigenvalue weighted by molar-refractivity contribution is 5.80. The van der Waals surface area contributed by atoms with E-state index < -0.39 is 0 Å². The van der Waals surface area contributed by atoms with Crippen molar-refractivity contribution in [3.63, 3.8) is 0 Å². The Balaban J connectivity index is 1.90. The maximum atomic E-state index is 11.8. The molecule has 0 radical (unpaired) electrons. The fraction of sp³-hybridized carbons (Fsp3) is 0.600. The summed E-state index contributed by atoms with van der Waals surface area (Å²) in [4.78, 5) is 11.8. The summed E-state index contributed by atoms with van der Waals surface area (Å²) in [5.41, 5.74) is 0. The number of hydrogen-bond acceptors (Lipinski definition) is 3. The number of nitrogens with zero attached hydrogens (tertiary/aromatic N) is 2. The van der Waals surface area contributed by atoms with Gasteiger partial charge in [-0.15, -0.1) is 0 Å². The van der Waals surface area contributed by atoms with Crippen LogP contribution < -0.4 is 10.6 Å². The number of aromatic nitrogens is 2. The number of rotatable bonds is 3. The van der Waals surface area contributed by atoms with Gasteiger partial charge in [0.25, 0.3) is 0 Å². The van der Waals surface area contributed by atoms with Crippen molar-refractivity contribution in [3.05, 3.63) is 18.5 Å². The van der Waals surface area contributed by atoms with E-state index in [1.165, 1.54) is 0 Å². The third-order valence-corrected chi connectivity index (χ3v) is 2.71. The molecule has 82 valence electrons. The van der Waals surface area contributed by atoms with Crippen LogP contribution in [0.15, 0.2) is 18.5 Å². The molecule has 1 aliphatic rings. The van der Waals surface area contributed by atoms with Gasteiger partial charge in [-0.3, -0.25) is 9.48 Å². The van der Waals surface area contributed by atoms with E-state index in [0.29, 0.717) is 0 Å². The summed E-state index contributed by atoms with van der Waals surface area (Å²) in [6.45, 7) is 3.71. The summed E-state index contributed by atoms with van der Waals surface area (Å²) in [6.07, 6.45) is 4.50. The van der Waals surface area contributed by atoms with E-state index in [1.54, 1.807) is 17.1 Å². The van der Waals surface area contributed by atoms with E-state index in [1.807, 2.05) is 13.0 Å². The molecule has 0 aliphatic carbocycles. The predicted octanol–water partition coefficient (Wildman–Crippen LogP) is -0.0778. The second kappa shape index (κ2) is 4.44. The van der Waals surface area contributed by atoms with Crippen molar-refractivity contribution in [3.8, 4) is 0 Å². The van der Waals surface area contributed by atoms with Gasteiger partial charge in [-0.25, -0.2) is 0 Å². The highest BCUT2D eigenvalue weighted by Gasteiger charge is 2.21. The van der Waals surface area contributed by atoms with Crippen LogP contribution in [0.2, 0.25) is 0 Å². The Morgan fingerprint density at radius 1 is 1.73 bits per heavy atom. The maximum Gasteiger partial charge on any atom is 0.244 e. The first-order valence-corrected chi connectivity index (χ1v) is 5.27. The molecule has 1 unspecified atom stereocenters. The summed E-state index contributed by atoms with van der Waals surface area (Å²) >= 11 is 0. The van der Waals surface area contributed by atoms with Crippen LogP contribution >= 0.6 is 0 Å². The normalized spacial score (nSPS) is 22.6. The molecule has 5 heteroatoms. The Kier molecular flexibility index (Phi) is 3.01. The molecule has 2 N–H and O–H groups in total. The van der Waals surface area contributed by atoms with E-state index in [9.17, 15) is 4.79 Å². The molecule has 0 saturated carbocycles. The molecule has 0 aromatic carbocycles. The first kappa shape index (κ1) is 10.2. The third-order valence-electron chi connectivity index (χ3n) is 2.71. The molecule has 15 heavy (non-hydrogen) atoms. The Labute approximate surface area is 88.8 Å². The van der Waals surface area contributed by atoms with Crippen molar-refractivity contribution < 1.29 is 4.79 Å². The van der Waals surface area contributed by atoms with Gasteiger partial charge in [0, 0.05) is 25.0 Å². The summed E-state index contributed by atoms with van der Waals surface area (Å²) in [7, 11) is 0. The largest absolute Gasteiger partial charge is 0.350 e. The van der Waals surface area contributed by atoms with Crippen LogP contribution in [-0.4, -0.2) is 34.8 Å². The van der Waals surface area contributed by atoms with Crippen molar-refractivity contribution in [1.29, 1.82) is 0 Å². The fourth-order valence-corrected chi connectivity index (χ4v) is 1.73. The lowest BCUT2D eigenvalue weighted by Crippen LogP contribution is -2.40. The third kappa shape index (κ3) is 2.36. The lowest BCUT2D eigenvalue weighted by molar-refractivity contribution is -0.124. The van der Waals surface area contributed by atoms with Gasteiger partial charge in [-0.05, 0) is 26.0 Å². The van der Waals surface area contributed by atoms with Crippen LogP contribution in [0.1, 0.15) is 19.4 Å². The average molecular weight is 208 g/mol. The molecule has 1 aromatic heterocycles. The Morgan fingerprint density at radius 2 is 2.60 bits per heavy atom. The predicted molar refractivity (Wildman–Crippen MR) is 56.4 cm³/mol. The summed E-state index contributed by atoms with van der Waals surface area (Å²) in [5, 5.41) is 10.3. The number of nitrogens with one attached hydrogen (secondary N) is 2. The smallest absolute Gasteiger partial charge is 0.244 e. The minimum atomic E-state index is -0.236. The molecule has 5 nitrogen and oxygen atoms in total. The van der Waals surface area contributed by atoms with E-state index in [4.69, 9.17) is 0 Å². The van der Waals surface area contributed by atoms with Gasteiger partial charge in [0.1, 0.15) is 6.04 Å². The van der Waals surface area contributed by atoms with Gasteiger partial charge in [0.2, 0.25) is 5.91 Å². The van der Waals surface area contributed by atoms with Crippen molar-refractivity contribution in [2.45, 2.75) is 25.4 Å². The molecule has 1 aliphatic heterocycles. The van der Waals surface area contributed by atoms with E-state index in [2.05, 4.69) is 15.7 Å². The molecule has 2 atom stereocenters. The van der Waals surface area contributed by atoms with E-state index >= 15 is 0 Å². The fourth-order valence-electron chi connectivity index (χ4n) is 1.73. The topological polar surface area (TPSA) is 59.0 Å². The van der Waals surface area contributed by atoms with Gasteiger partial charge in [-0.1, -0.05) is 0 Å². The van der Waals surface area contributed by atoms with Crippen LogP contribution in [0, 0.1) is 0 Å². The zero-order valence-corrected chi connectivity index (χ0v) is 8.81. The minimum absolute atomic E-state index is 0.0346. The van der Waals surface area contributed by atoms with Crippen molar-refractivity contribution >= 4 is 5.91 Å². The van der Waals surface area contributed by atoms with Crippen LogP contribution in [0.4, 0.5) is 0 Å². The highest BCUT2D eigenvalue weighted by Crippen LogP contribution is 2.05. The first-order chi connectivity index (χ1) is 7.27. The SMILES string of the molecule is CC(C(=O)N[C@H]1CCNC1)n1cccn1. The standard InChI is InChI=1S/C10H16N4O/c1-8(14-6-2-4-12-14)10(15)13-9-3-5-11-7-9/h2,4,6,8-9,11H,3,5,7H2,1H3,(H,13,15)/t8?,9-/m0/s1. The number of carbonyl (C=O) groups excluding carboxylic acids is 1. The highest BCUT2D eigenvalue weighted by atomic mass is 16.2. The molecule has 2 rings (SSSR count). The van der Waals surface area contributed by atoms with Crippen molar-refractivity contribution in [1.82, 2.24) is 20.4 Å². The van der Waals surface area contributed by atoms with Crippen LogP contribution in [0.25, 0.3) is 0 Å². The summed E-state index contributed by atoms with van der Waals surface area (Å²) in [5.74, 6) is 0.0346. The molecular weight excluding hydrogens is 192 g/mol. The van der Waals surface area contributed by atoms with Gasteiger partial charge in [-0.2, -0.15) is 5.10 Å². The zero-order chi connectivity index (χ0) is 10.7. The van der Waals surface area contributed by atoms with Gasteiger partial charge in [0.05, 0.1) is 0 Å². The van der Waals surface area contributed by atoms with E-state index in [0.717, 1.165) is 19.5 Å².